The van der Waals surface area contributed by atoms with Crippen LogP contribution in [0.4, 0.5) is 0 Å². The fourth-order valence-corrected chi connectivity index (χ4v) is 2.99. The van der Waals surface area contributed by atoms with E-state index in [4.69, 9.17) is 9.47 Å². The van der Waals surface area contributed by atoms with Gasteiger partial charge in [-0.05, 0) is 59.3 Å². The van der Waals surface area contributed by atoms with Crippen LogP contribution in [0, 0.1) is 5.41 Å². The molecule has 114 valence electrons. The zero-order chi connectivity index (χ0) is 14.8. The third-order valence-corrected chi connectivity index (χ3v) is 4.22. The fourth-order valence-electron chi connectivity index (χ4n) is 2.99. The zero-order valence-electron chi connectivity index (χ0n) is 12.9. The molecule has 0 heterocycles. The Kier molecular flexibility index (Phi) is 4.40. The van der Waals surface area contributed by atoms with Crippen LogP contribution >= 0.6 is 0 Å². The van der Waals surface area contributed by atoms with Crippen molar-refractivity contribution in [2.24, 2.45) is 5.41 Å². The van der Waals surface area contributed by atoms with Gasteiger partial charge in [0.1, 0.15) is 11.7 Å². The standard InChI is InChI=1S/C16H26O4/c1-15(2,3)20-13(17)11-16(9-6-10-16)14(18)19-12-7-4-5-8-12/h12H,4-11H2,1-3H3. The summed E-state index contributed by atoms with van der Waals surface area (Å²) in [7, 11) is 0. The van der Waals surface area contributed by atoms with Crippen molar-refractivity contribution in [3.63, 3.8) is 0 Å². The van der Waals surface area contributed by atoms with Gasteiger partial charge in [-0.15, -0.1) is 0 Å². The summed E-state index contributed by atoms with van der Waals surface area (Å²) >= 11 is 0. The quantitative estimate of drug-likeness (QED) is 0.742. The monoisotopic (exact) mass is 282 g/mol. The zero-order valence-corrected chi connectivity index (χ0v) is 12.9. The summed E-state index contributed by atoms with van der Waals surface area (Å²) in [6.45, 7) is 5.53. The molecule has 2 fully saturated rings. The van der Waals surface area contributed by atoms with E-state index >= 15 is 0 Å². The van der Waals surface area contributed by atoms with Gasteiger partial charge in [0, 0.05) is 0 Å². The van der Waals surface area contributed by atoms with Crippen LogP contribution in [0.25, 0.3) is 0 Å². The number of esters is 2. The summed E-state index contributed by atoms with van der Waals surface area (Å²) in [5.41, 5.74) is -1.11. The van der Waals surface area contributed by atoms with E-state index in [-0.39, 0.29) is 24.5 Å². The van der Waals surface area contributed by atoms with Crippen LogP contribution in [0.3, 0.4) is 0 Å². The fraction of sp³-hybridized carbons (Fsp3) is 0.875. The Hall–Kier alpha value is -1.06. The number of ether oxygens (including phenoxy) is 2. The Labute approximate surface area is 121 Å². The van der Waals surface area contributed by atoms with Crippen molar-refractivity contribution in [2.75, 3.05) is 0 Å². The maximum Gasteiger partial charge on any atom is 0.312 e. The summed E-state index contributed by atoms with van der Waals surface area (Å²) in [5.74, 6) is -0.470. The number of carbonyl (C=O) groups excluding carboxylic acids is 2. The summed E-state index contributed by atoms with van der Waals surface area (Å²) < 4.78 is 10.9. The molecule has 0 unspecified atom stereocenters. The smallest absolute Gasteiger partial charge is 0.312 e. The molecule has 4 nitrogen and oxygen atoms in total. The van der Waals surface area contributed by atoms with Gasteiger partial charge < -0.3 is 9.47 Å². The molecule has 0 atom stereocenters. The minimum atomic E-state index is -0.606. The van der Waals surface area contributed by atoms with Gasteiger partial charge in [-0.2, -0.15) is 0 Å². The second-order valence-corrected chi connectivity index (χ2v) is 7.21. The second kappa shape index (κ2) is 5.74. The van der Waals surface area contributed by atoms with Crippen molar-refractivity contribution in [3.05, 3.63) is 0 Å². The summed E-state index contributed by atoms with van der Waals surface area (Å²) in [6.07, 6.45) is 6.92. The summed E-state index contributed by atoms with van der Waals surface area (Å²) in [6, 6.07) is 0. The van der Waals surface area contributed by atoms with Crippen molar-refractivity contribution >= 4 is 11.9 Å². The molecule has 0 spiro atoms. The van der Waals surface area contributed by atoms with E-state index in [0.29, 0.717) is 0 Å². The van der Waals surface area contributed by atoms with Crippen molar-refractivity contribution in [3.8, 4) is 0 Å². The van der Waals surface area contributed by atoms with E-state index < -0.39 is 11.0 Å². The van der Waals surface area contributed by atoms with Gasteiger partial charge >= 0.3 is 11.9 Å². The summed E-state index contributed by atoms with van der Waals surface area (Å²) in [4.78, 5) is 24.4. The molecule has 2 aliphatic carbocycles. The lowest BCUT2D eigenvalue weighted by molar-refractivity contribution is -0.176. The number of hydrogen-bond donors (Lipinski definition) is 0. The lowest BCUT2D eigenvalue weighted by atomic mass is 9.66. The first kappa shape index (κ1) is 15.3. The molecule has 0 aliphatic heterocycles. The maximum absolute atomic E-state index is 12.4. The van der Waals surface area contributed by atoms with E-state index in [1.807, 2.05) is 20.8 Å². The maximum atomic E-state index is 12.4. The van der Waals surface area contributed by atoms with Crippen LogP contribution in [0.5, 0.6) is 0 Å². The van der Waals surface area contributed by atoms with Gasteiger partial charge in [-0.1, -0.05) is 6.42 Å². The Morgan fingerprint density at radius 1 is 1.10 bits per heavy atom. The normalized spacial score (nSPS) is 22.1. The average Bonchev–Trinajstić information content (AvgIpc) is 2.73. The van der Waals surface area contributed by atoms with Gasteiger partial charge in [0.2, 0.25) is 0 Å². The highest BCUT2D eigenvalue weighted by Gasteiger charge is 2.48. The molecule has 0 bridgehead atoms. The minimum Gasteiger partial charge on any atom is -0.462 e. The minimum absolute atomic E-state index is 0.0682. The molecule has 0 saturated heterocycles. The van der Waals surface area contributed by atoms with E-state index in [1.165, 1.54) is 0 Å². The van der Waals surface area contributed by atoms with Crippen molar-refractivity contribution < 1.29 is 19.1 Å². The second-order valence-electron chi connectivity index (χ2n) is 7.21. The van der Waals surface area contributed by atoms with E-state index in [0.717, 1.165) is 44.9 Å². The third kappa shape index (κ3) is 3.74. The number of hydrogen-bond acceptors (Lipinski definition) is 4. The molecule has 0 radical (unpaired) electrons. The molecule has 2 saturated carbocycles. The highest BCUT2D eigenvalue weighted by molar-refractivity contribution is 5.84. The van der Waals surface area contributed by atoms with Crippen LogP contribution in [-0.4, -0.2) is 23.6 Å². The van der Waals surface area contributed by atoms with E-state index in [1.54, 1.807) is 0 Å². The molecular weight excluding hydrogens is 256 g/mol. The van der Waals surface area contributed by atoms with Crippen molar-refractivity contribution in [2.45, 2.75) is 83.8 Å². The predicted molar refractivity (Wildman–Crippen MR) is 75.1 cm³/mol. The van der Waals surface area contributed by atoms with Crippen LogP contribution < -0.4 is 0 Å². The van der Waals surface area contributed by atoms with Crippen LogP contribution in [0.1, 0.15) is 72.1 Å². The first-order valence-electron chi connectivity index (χ1n) is 7.74. The highest BCUT2D eigenvalue weighted by Crippen LogP contribution is 2.46. The van der Waals surface area contributed by atoms with Crippen LogP contribution in [0.2, 0.25) is 0 Å². The molecule has 20 heavy (non-hydrogen) atoms. The molecular formula is C16H26O4. The molecule has 0 aromatic heterocycles. The summed E-state index contributed by atoms with van der Waals surface area (Å²) in [5, 5.41) is 0. The first-order chi connectivity index (χ1) is 9.31. The third-order valence-electron chi connectivity index (χ3n) is 4.22. The first-order valence-corrected chi connectivity index (χ1v) is 7.74. The average molecular weight is 282 g/mol. The van der Waals surface area contributed by atoms with Gasteiger partial charge in [-0.3, -0.25) is 9.59 Å². The molecule has 0 aromatic carbocycles. The lowest BCUT2D eigenvalue weighted by Crippen LogP contribution is -2.43. The SMILES string of the molecule is CC(C)(C)OC(=O)CC1(C(=O)OC2CCCC2)CCC1. The molecule has 4 heteroatoms. The highest BCUT2D eigenvalue weighted by atomic mass is 16.6. The van der Waals surface area contributed by atoms with E-state index in [2.05, 4.69) is 0 Å². The van der Waals surface area contributed by atoms with Crippen molar-refractivity contribution in [1.82, 2.24) is 0 Å². The molecule has 0 amide bonds. The van der Waals surface area contributed by atoms with Gasteiger partial charge in [0.25, 0.3) is 0 Å². The Balaban J connectivity index is 1.91. The van der Waals surface area contributed by atoms with E-state index in [9.17, 15) is 9.59 Å². The van der Waals surface area contributed by atoms with Gasteiger partial charge in [-0.25, -0.2) is 0 Å². The van der Waals surface area contributed by atoms with Gasteiger partial charge in [0.05, 0.1) is 11.8 Å². The lowest BCUT2D eigenvalue weighted by Gasteiger charge is -2.39. The van der Waals surface area contributed by atoms with Gasteiger partial charge in [0.15, 0.2) is 0 Å². The molecule has 0 aromatic rings. The number of carbonyl (C=O) groups is 2. The van der Waals surface area contributed by atoms with Crippen molar-refractivity contribution in [1.29, 1.82) is 0 Å². The Bertz CT molecular complexity index is 370. The topological polar surface area (TPSA) is 52.6 Å². The number of rotatable bonds is 4. The van der Waals surface area contributed by atoms with Crippen LogP contribution in [-0.2, 0) is 19.1 Å². The molecule has 2 aliphatic rings. The predicted octanol–water partition coefficient (Wildman–Crippen LogP) is 3.37. The van der Waals surface area contributed by atoms with Crippen LogP contribution in [0.15, 0.2) is 0 Å². The Morgan fingerprint density at radius 3 is 2.15 bits per heavy atom. The largest absolute Gasteiger partial charge is 0.462 e. The molecule has 0 N–H and O–H groups in total. The molecule has 2 rings (SSSR count). The Morgan fingerprint density at radius 2 is 1.70 bits per heavy atom.